The van der Waals surface area contributed by atoms with Crippen LogP contribution in [0.5, 0.6) is 5.88 Å². The van der Waals surface area contributed by atoms with Crippen molar-refractivity contribution in [2.24, 2.45) is 5.73 Å². The Balaban J connectivity index is 2.15. The molecule has 1 atom stereocenters. The largest absolute Gasteiger partial charge is 0.481 e. The van der Waals surface area contributed by atoms with Crippen LogP contribution in [0.15, 0.2) is 36.5 Å². The van der Waals surface area contributed by atoms with Crippen LogP contribution < -0.4 is 10.5 Å². The van der Waals surface area contributed by atoms with Gasteiger partial charge in [-0.3, -0.25) is 0 Å². The van der Waals surface area contributed by atoms with E-state index < -0.39 is 0 Å². The maximum absolute atomic E-state index is 13.2. The van der Waals surface area contributed by atoms with Crippen molar-refractivity contribution in [3.8, 4) is 5.88 Å². The topological polar surface area (TPSA) is 48.1 Å². The predicted molar refractivity (Wildman–Crippen MR) is 72.8 cm³/mol. The molecule has 1 unspecified atom stereocenters. The molecular formula is C14H14ClFN2O. The van der Waals surface area contributed by atoms with Crippen molar-refractivity contribution < 1.29 is 9.13 Å². The van der Waals surface area contributed by atoms with Crippen LogP contribution in [0.2, 0.25) is 5.02 Å². The number of halogens is 2. The van der Waals surface area contributed by atoms with Crippen LogP contribution in [0.3, 0.4) is 0 Å². The first kappa shape index (κ1) is 13.8. The van der Waals surface area contributed by atoms with Gasteiger partial charge in [-0.1, -0.05) is 17.7 Å². The molecule has 5 heteroatoms. The van der Waals surface area contributed by atoms with E-state index in [4.69, 9.17) is 22.1 Å². The zero-order chi connectivity index (χ0) is 13.8. The third-order valence-corrected chi connectivity index (χ3v) is 3.16. The molecule has 0 aliphatic rings. The summed E-state index contributed by atoms with van der Waals surface area (Å²) in [6, 6.07) is 7.45. The number of nitrogens with two attached hydrogens (primary N) is 1. The molecule has 3 nitrogen and oxygen atoms in total. The average molecular weight is 281 g/mol. The van der Waals surface area contributed by atoms with Gasteiger partial charge < -0.3 is 10.5 Å². The minimum absolute atomic E-state index is 0.345. The highest BCUT2D eigenvalue weighted by Crippen LogP contribution is 2.25. The molecule has 1 heterocycles. The number of aromatic nitrogens is 1. The molecule has 2 rings (SSSR count). The highest BCUT2D eigenvalue weighted by Gasteiger charge is 2.12. The Morgan fingerprint density at radius 1 is 1.37 bits per heavy atom. The first-order valence-corrected chi connectivity index (χ1v) is 6.17. The minimum Gasteiger partial charge on any atom is -0.481 e. The normalized spacial score (nSPS) is 12.2. The molecule has 2 N–H and O–H groups in total. The quantitative estimate of drug-likeness (QED) is 0.936. The van der Waals surface area contributed by atoms with Crippen molar-refractivity contribution in [3.05, 3.63) is 58.5 Å². The van der Waals surface area contributed by atoms with Gasteiger partial charge in [0.2, 0.25) is 5.88 Å². The van der Waals surface area contributed by atoms with Gasteiger partial charge in [0.05, 0.1) is 7.11 Å². The second kappa shape index (κ2) is 5.99. The zero-order valence-electron chi connectivity index (χ0n) is 10.4. The van der Waals surface area contributed by atoms with Crippen LogP contribution in [0, 0.1) is 5.82 Å². The summed E-state index contributed by atoms with van der Waals surface area (Å²) in [4.78, 5) is 4.10. The second-order valence-corrected chi connectivity index (χ2v) is 4.59. The maximum atomic E-state index is 13.2. The van der Waals surface area contributed by atoms with Gasteiger partial charge in [-0.25, -0.2) is 9.37 Å². The zero-order valence-corrected chi connectivity index (χ0v) is 11.2. The monoisotopic (exact) mass is 280 g/mol. The van der Waals surface area contributed by atoms with Crippen molar-refractivity contribution >= 4 is 11.6 Å². The van der Waals surface area contributed by atoms with E-state index in [0.717, 1.165) is 5.56 Å². The molecule has 0 saturated carbocycles. The second-order valence-electron chi connectivity index (χ2n) is 4.19. The Bertz CT molecular complexity index is 560. The lowest BCUT2D eigenvalue weighted by Gasteiger charge is -2.14. The lowest BCUT2D eigenvalue weighted by molar-refractivity contribution is 0.397. The molecular weight excluding hydrogens is 267 g/mol. The van der Waals surface area contributed by atoms with Gasteiger partial charge in [-0.2, -0.15) is 0 Å². The van der Waals surface area contributed by atoms with Crippen LogP contribution in [0.25, 0.3) is 0 Å². The van der Waals surface area contributed by atoms with Crippen LogP contribution in [0.1, 0.15) is 17.2 Å². The number of nitrogens with zero attached hydrogens (tertiary/aromatic N) is 1. The molecule has 0 amide bonds. The number of pyridine rings is 1. The standard InChI is InChI=1S/C14H14ClFN2O/c1-19-14-5-2-9(8-18-14)6-13(17)11-7-10(16)3-4-12(11)15/h2-5,7-8,13H,6,17H2,1H3. The van der Waals surface area contributed by atoms with Gasteiger partial charge in [0.15, 0.2) is 0 Å². The summed E-state index contributed by atoms with van der Waals surface area (Å²) in [5.41, 5.74) is 7.59. The third kappa shape index (κ3) is 3.43. The predicted octanol–water partition coefficient (Wildman–Crippen LogP) is 3.13. The molecule has 1 aromatic heterocycles. The lowest BCUT2D eigenvalue weighted by atomic mass is 10.0. The maximum Gasteiger partial charge on any atom is 0.212 e. The van der Waals surface area contributed by atoms with E-state index >= 15 is 0 Å². The average Bonchev–Trinajstić information content (AvgIpc) is 2.42. The van der Waals surface area contributed by atoms with Crippen molar-refractivity contribution in [2.45, 2.75) is 12.5 Å². The summed E-state index contributed by atoms with van der Waals surface area (Å²) in [5, 5.41) is 0.468. The number of methoxy groups -OCH3 is 1. The number of rotatable bonds is 4. The van der Waals surface area contributed by atoms with Gasteiger partial charge in [0.25, 0.3) is 0 Å². The molecule has 2 aromatic rings. The summed E-state index contributed by atoms with van der Waals surface area (Å²) in [6.07, 6.45) is 2.21. The van der Waals surface area contributed by atoms with E-state index in [0.29, 0.717) is 22.9 Å². The van der Waals surface area contributed by atoms with Crippen LogP contribution in [-0.2, 0) is 6.42 Å². The van der Waals surface area contributed by atoms with Crippen molar-refractivity contribution in [3.63, 3.8) is 0 Å². The fraction of sp³-hybridized carbons (Fsp3) is 0.214. The van der Waals surface area contributed by atoms with Crippen LogP contribution in [-0.4, -0.2) is 12.1 Å². The Hall–Kier alpha value is -1.65. The SMILES string of the molecule is COc1ccc(CC(N)c2cc(F)ccc2Cl)cn1. The number of hydrogen-bond acceptors (Lipinski definition) is 3. The van der Waals surface area contributed by atoms with Crippen molar-refractivity contribution in [1.82, 2.24) is 4.98 Å². The molecule has 0 aliphatic heterocycles. The van der Waals surface area contributed by atoms with E-state index in [2.05, 4.69) is 4.98 Å². The van der Waals surface area contributed by atoms with E-state index in [-0.39, 0.29) is 11.9 Å². The highest BCUT2D eigenvalue weighted by molar-refractivity contribution is 6.31. The number of hydrogen-bond donors (Lipinski definition) is 1. The molecule has 0 bridgehead atoms. The molecule has 19 heavy (non-hydrogen) atoms. The van der Waals surface area contributed by atoms with Gasteiger partial charge >= 0.3 is 0 Å². The first-order valence-electron chi connectivity index (χ1n) is 5.79. The van der Waals surface area contributed by atoms with Gasteiger partial charge in [-0.05, 0) is 35.7 Å². The molecule has 1 aromatic carbocycles. The molecule has 100 valence electrons. The summed E-state index contributed by atoms with van der Waals surface area (Å²) in [6.45, 7) is 0. The lowest BCUT2D eigenvalue weighted by Crippen LogP contribution is -2.14. The van der Waals surface area contributed by atoms with Crippen LogP contribution >= 0.6 is 11.6 Å². The number of benzene rings is 1. The van der Waals surface area contributed by atoms with E-state index in [1.165, 1.54) is 18.2 Å². The van der Waals surface area contributed by atoms with E-state index in [1.807, 2.05) is 6.07 Å². The fourth-order valence-corrected chi connectivity index (χ4v) is 2.07. The summed E-state index contributed by atoms with van der Waals surface area (Å²) < 4.78 is 18.2. The highest BCUT2D eigenvalue weighted by atomic mass is 35.5. The smallest absolute Gasteiger partial charge is 0.212 e. The molecule has 0 saturated heterocycles. The van der Waals surface area contributed by atoms with Gasteiger partial charge in [0.1, 0.15) is 5.82 Å². The minimum atomic E-state index is -0.376. The molecule has 0 spiro atoms. The molecule has 0 fully saturated rings. The Labute approximate surface area is 116 Å². The number of ether oxygens (including phenoxy) is 1. The molecule has 0 aliphatic carbocycles. The molecule has 0 radical (unpaired) electrons. The summed E-state index contributed by atoms with van der Waals surface area (Å²) >= 11 is 6.02. The fourth-order valence-electron chi connectivity index (χ4n) is 1.82. The third-order valence-electron chi connectivity index (χ3n) is 2.82. The Morgan fingerprint density at radius 2 is 2.16 bits per heavy atom. The first-order chi connectivity index (χ1) is 9.10. The van der Waals surface area contributed by atoms with Gasteiger partial charge in [-0.15, -0.1) is 0 Å². The summed E-state index contributed by atoms with van der Waals surface area (Å²) in [5.74, 6) is 0.198. The summed E-state index contributed by atoms with van der Waals surface area (Å²) in [7, 11) is 1.56. The Morgan fingerprint density at radius 3 is 2.79 bits per heavy atom. The van der Waals surface area contributed by atoms with Crippen molar-refractivity contribution in [1.29, 1.82) is 0 Å². The van der Waals surface area contributed by atoms with E-state index in [1.54, 1.807) is 19.4 Å². The Kier molecular flexibility index (Phi) is 4.35. The van der Waals surface area contributed by atoms with Crippen LogP contribution in [0.4, 0.5) is 4.39 Å². The van der Waals surface area contributed by atoms with E-state index in [9.17, 15) is 4.39 Å². The van der Waals surface area contributed by atoms with Crippen molar-refractivity contribution in [2.75, 3.05) is 7.11 Å². The van der Waals surface area contributed by atoms with Gasteiger partial charge in [0, 0.05) is 23.3 Å².